The summed E-state index contributed by atoms with van der Waals surface area (Å²) in [6, 6.07) is 10.5. The van der Waals surface area contributed by atoms with Crippen molar-refractivity contribution in [3.05, 3.63) is 63.9 Å². The van der Waals surface area contributed by atoms with Gasteiger partial charge in [0, 0.05) is 43.3 Å². The number of amides is 3. The molecule has 2 aromatic rings. The van der Waals surface area contributed by atoms with Crippen molar-refractivity contribution in [3.63, 3.8) is 0 Å². The Bertz CT molecular complexity index is 961. The highest BCUT2D eigenvalue weighted by molar-refractivity contribution is 9.10. The van der Waals surface area contributed by atoms with Crippen LogP contribution in [-0.4, -0.2) is 67.3 Å². The fourth-order valence-electron chi connectivity index (χ4n) is 3.19. The van der Waals surface area contributed by atoms with Crippen LogP contribution >= 0.6 is 15.9 Å². The van der Waals surface area contributed by atoms with Gasteiger partial charge in [0.05, 0.1) is 17.8 Å². The number of hydrogen-bond donors (Lipinski definition) is 2. The minimum atomic E-state index is -0.550. The van der Waals surface area contributed by atoms with Crippen LogP contribution in [0.15, 0.2) is 46.9 Å². The van der Waals surface area contributed by atoms with Gasteiger partial charge >= 0.3 is 0 Å². The zero-order chi connectivity index (χ0) is 21.7. The Kier molecular flexibility index (Phi) is 7.17. The number of nitrogens with zero attached hydrogens (tertiary/aromatic N) is 2. The molecule has 2 N–H and O–H groups in total. The van der Waals surface area contributed by atoms with Gasteiger partial charge < -0.3 is 15.5 Å². The van der Waals surface area contributed by atoms with Gasteiger partial charge in [-0.1, -0.05) is 22.0 Å². The van der Waals surface area contributed by atoms with Crippen molar-refractivity contribution in [2.45, 2.75) is 0 Å². The van der Waals surface area contributed by atoms with Gasteiger partial charge in [-0.3, -0.25) is 19.3 Å². The largest absolute Gasteiger partial charge is 0.358 e. The maximum Gasteiger partial charge on any atom is 0.256 e. The van der Waals surface area contributed by atoms with Crippen LogP contribution in [0.2, 0.25) is 0 Å². The first kappa shape index (κ1) is 21.9. The van der Waals surface area contributed by atoms with Crippen LogP contribution in [0.1, 0.15) is 20.7 Å². The topological polar surface area (TPSA) is 81.8 Å². The highest BCUT2D eigenvalue weighted by atomic mass is 79.9. The normalized spacial score (nSPS) is 14.3. The third-order valence-electron chi connectivity index (χ3n) is 4.85. The van der Waals surface area contributed by atoms with E-state index in [-0.39, 0.29) is 29.6 Å². The number of hydrogen-bond acceptors (Lipinski definition) is 4. The summed E-state index contributed by atoms with van der Waals surface area (Å²) in [5.41, 5.74) is 0.729. The van der Waals surface area contributed by atoms with Gasteiger partial charge in [0.2, 0.25) is 5.91 Å². The Hall–Kier alpha value is -2.78. The zero-order valence-corrected chi connectivity index (χ0v) is 18.0. The van der Waals surface area contributed by atoms with Crippen molar-refractivity contribution in [2.24, 2.45) is 0 Å². The molecule has 7 nitrogen and oxygen atoms in total. The SMILES string of the molecule is CNC(=O)CN1CCN(C(=O)c2ccc(F)cc2NC(=O)c2cccc(Br)c2)CC1. The maximum absolute atomic E-state index is 13.8. The Morgan fingerprint density at radius 2 is 1.80 bits per heavy atom. The molecule has 1 fully saturated rings. The first-order valence-electron chi connectivity index (χ1n) is 9.46. The van der Waals surface area contributed by atoms with Crippen LogP contribution in [0, 0.1) is 5.82 Å². The van der Waals surface area contributed by atoms with E-state index in [1.807, 2.05) is 4.90 Å². The van der Waals surface area contributed by atoms with E-state index in [1.165, 1.54) is 12.1 Å². The average Bonchev–Trinajstić information content (AvgIpc) is 2.74. The second kappa shape index (κ2) is 9.82. The molecule has 3 rings (SSSR count). The molecule has 0 aliphatic carbocycles. The lowest BCUT2D eigenvalue weighted by atomic mass is 10.1. The van der Waals surface area contributed by atoms with Crippen molar-refractivity contribution < 1.29 is 18.8 Å². The average molecular weight is 477 g/mol. The fraction of sp³-hybridized carbons (Fsp3) is 0.286. The van der Waals surface area contributed by atoms with Crippen molar-refractivity contribution in [1.29, 1.82) is 0 Å². The summed E-state index contributed by atoms with van der Waals surface area (Å²) in [7, 11) is 1.58. The minimum absolute atomic E-state index is 0.0779. The minimum Gasteiger partial charge on any atom is -0.358 e. The number of anilines is 1. The van der Waals surface area contributed by atoms with Crippen LogP contribution < -0.4 is 10.6 Å². The van der Waals surface area contributed by atoms with Gasteiger partial charge in [-0.25, -0.2) is 4.39 Å². The summed E-state index contributed by atoms with van der Waals surface area (Å²) in [6.07, 6.45) is 0. The summed E-state index contributed by atoms with van der Waals surface area (Å²) >= 11 is 3.31. The van der Waals surface area contributed by atoms with Gasteiger partial charge in [0.25, 0.3) is 11.8 Å². The number of likely N-dealkylation sites (N-methyl/N-ethyl adjacent to an activating group) is 1. The van der Waals surface area contributed by atoms with Gasteiger partial charge in [0.1, 0.15) is 5.82 Å². The molecule has 0 spiro atoms. The summed E-state index contributed by atoms with van der Waals surface area (Å²) in [6.45, 7) is 2.27. The number of benzene rings is 2. The standard InChI is InChI=1S/C21H22BrFN4O3/c1-24-19(28)13-26-7-9-27(10-8-26)21(30)17-6-5-16(23)12-18(17)25-20(29)14-3-2-4-15(22)11-14/h2-6,11-12H,7-10,13H2,1H3,(H,24,28)(H,25,29). The molecule has 3 amide bonds. The molecule has 0 radical (unpaired) electrons. The third-order valence-corrected chi connectivity index (χ3v) is 5.35. The van der Waals surface area contributed by atoms with Crippen LogP contribution in [0.5, 0.6) is 0 Å². The number of halogens is 2. The molecule has 1 aliphatic rings. The lowest BCUT2D eigenvalue weighted by molar-refractivity contribution is -0.122. The van der Waals surface area contributed by atoms with Crippen LogP contribution in [-0.2, 0) is 4.79 Å². The quantitative estimate of drug-likeness (QED) is 0.693. The highest BCUT2D eigenvalue weighted by Crippen LogP contribution is 2.22. The summed E-state index contributed by atoms with van der Waals surface area (Å²) < 4.78 is 14.6. The van der Waals surface area contributed by atoms with Crippen LogP contribution in [0.25, 0.3) is 0 Å². The number of nitrogens with one attached hydrogen (secondary N) is 2. The van der Waals surface area contributed by atoms with E-state index in [2.05, 4.69) is 26.6 Å². The van der Waals surface area contributed by atoms with Gasteiger partial charge in [-0.15, -0.1) is 0 Å². The van der Waals surface area contributed by atoms with Crippen LogP contribution in [0.4, 0.5) is 10.1 Å². The molecule has 0 unspecified atom stereocenters. The lowest BCUT2D eigenvalue weighted by Crippen LogP contribution is -2.51. The zero-order valence-electron chi connectivity index (χ0n) is 16.5. The lowest BCUT2D eigenvalue weighted by Gasteiger charge is -2.34. The predicted octanol–water partition coefficient (Wildman–Crippen LogP) is 2.34. The molecule has 0 aromatic heterocycles. The molecule has 1 saturated heterocycles. The Morgan fingerprint density at radius 3 is 2.47 bits per heavy atom. The first-order valence-corrected chi connectivity index (χ1v) is 10.3. The summed E-state index contributed by atoms with van der Waals surface area (Å²) in [5.74, 6) is -1.36. The second-order valence-electron chi connectivity index (χ2n) is 6.90. The van der Waals surface area contributed by atoms with E-state index in [0.717, 1.165) is 10.5 Å². The molecule has 30 heavy (non-hydrogen) atoms. The number of carbonyl (C=O) groups excluding carboxylic acids is 3. The molecule has 2 aromatic carbocycles. The van der Waals surface area contributed by atoms with E-state index in [9.17, 15) is 18.8 Å². The van der Waals surface area contributed by atoms with Gasteiger partial charge in [-0.05, 0) is 36.4 Å². The van der Waals surface area contributed by atoms with Crippen molar-refractivity contribution in [2.75, 3.05) is 45.1 Å². The monoisotopic (exact) mass is 476 g/mol. The van der Waals surface area contributed by atoms with E-state index in [4.69, 9.17) is 0 Å². The van der Waals surface area contributed by atoms with Crippen LogP contribution in [0.3, 0.4) is 0 Å². The second-order valence-corrected chi connectivity index (χ2v) is 7.81. The van der Waals surface area contributed by atoms with Gasteiger partial charge in [-0.2, -0.15) is 0 Å². The van der Waals surface area contributed by atoms with E-state index in [1.54, 1.807) is 36.2 Å². The number of carbonyl (C=O) groups is 3. The Balaban J connectivity index is 1.73. The molecular weight excluding hydrogens is 455 g/mol. The van der Waals surface area contributed by atoms with Gasteiger partial charge in [0.15, 0.2) is 0 Å². The molecule has 9 heteroatoms. The smallest absolute Gasteiger partial charge is 0.256 e. The molecule has 1 heterocycles. The van der Waals surface area contributed by atoms with E-state index < -0.39 is 11.7 Å². The van der Waals surface area contributed by atoms with Crippen molar-refractivity contribution in [3.8, 4) is 0 Å². The van der Waals surface area contributed by atoms with Crippen molar-refractivity contribution in [1.82, 2.24) is 15.1 Å². The summed E-state index contributed by atoms with van der Waals surface area (Å²) in [5, 5.41) is 5.23. The molecular formula is C21H22BrFN4O3. The number of piperazine rings is 1. The highest BCUT2D eigenvalue weighted by Gasteiger charge is 2.25. The third kappa shape index (κ3) is 5.43. The summed E-state index contributed by atoms with van der Waals surface area (Å²) in [4.78, 5) is 40.7. The predicted molar refractivity (Wildman–Crippen MR) is 115 cm³/mol. The fourth-order valence-corrected chi connectivity index (χ4v) is 3.59. The van der Waals surface area contributed by atoms with Crippen molar-refractivity contribution >= 4 is 39.3 Å². The Labute approximate surface area is 182 Å². The Morgan fingerprint density at radius 1 is 1.07 bits per heavy atom. The van der Waals surface area contributed by atoms with E-state index in [0.29, 0.717) is 31.7 Å². The molecule has 0 atom stereocenters. The maximum atomic E-state index is 13.8. The molecule has 0 saturated carbocycles. The molecule has 158 valence electrons. The van der Waals surface area contributed by atoms with E-state index >= 15 is 0 Å². The molecule has 0 bridgehead atoms. The first-order chi connectivity index (χ1) is 14.4. The molecule has 1 aliphatic heterocycles. The number of rotatable bonds is 5.